The Hall–Kier alpha value is -4.54. The van der Waals surface area contributed by atoms with Gasteiger partial charge in [-0.3, -0.25) is 4.99 Å². The molecule has 0 unspecified atom stereocenters. The molecule has 0 fully saturated rings. The van der Waals surface area contributed by atoms with Gasteiger partial charge in [0.05, 0.1) is 22.3 Å². The number of hydrogen-bond donors (Lipinski definition) is 1. The van der Waals surface area contributed by atoms with E-state index in [4.69, 9.17) is 0 Å². The maximum Gasteiger partial charge on any atom is 0.173 e. The highest BCUT2D eigenvalue weighted by Crippen LogP contribution is 2.36. The van der Waals surface area contributed by atoms with Gasteiger partial charge in [0.2, 0.25) is 0 Å². The van der Waals surface area contributed by atoms with Gasteiger partial charge in [0.25, 0.3) is 0 Å². The summed E-state index contributed by atoms with van der Waals surface area (Å²) in [7, 11) is 0. The molecule has 1 N–H and O–H groups in total. The smallest absolute Gasteiger partial charge is 0.173 e. The number of aromatic nitrogens is 2. The summed E-state index contributed by atoms with van der Waals surface area (Å²) in [5, 5.41) is 0. The fourth-order valence-corrected chi connectivity index (χ4v) is 5.00. The Bertz CT molecular complexity index is 1900. The average Bonchev–Trinajstić information content (AvgIpc) is 3.55. The van der Waals surface area contributed by atoms with Crippen molar-refractivity contribution in [2.24, 2.45) is 4.99 Å². The molecule has 0 saturated carbocycles. The van der Waals surface area contributed by atoms with Crippen molar-refractivity contribution in [2.45, 2.75) is 26.7 Å². The number of imidazole rings is 1. The zero-order valence-corrected chi connectivity index (χ0v) is 21.3. The van der Waals surface area contributed by atoms with E-state index in [-0.39, 0.29) is 5.52 Å². The van der Waals surface area contributed by atoms with Crippen molar-refractivity contribution in [3.05, 3.63) is 105 Å². The van der Waals surface area contributed by atoms with Gasteiger partial charge in [0.1, 0.15) is 5.82 Å². The molecule has 0 saturated heterocycles. The van der Waals surface area contributed by atoms with E-state index in [1.54, 1.807) is 18.2 Å². The predicted octanol–water partition coefficient (Wildman–Crippen LogP) is 8.56. The number of H-pyrrole nitrogens is 1. The third-order valence-corrected chi connectivity index (χ3v) is 7.17. The van der Waals surface area contributed by atoms with Crippen LogP contribution in [0.4, 0.5) is 40.8 Å². The molecular formula is C30H17F8N3. The van der Waals surface area contributed by atoms with Crippen LogP contribution in [0, 0.1) is 53.5 Å². The van der Waals surface area contributed by atoms with Crippen molar-refractivity contribution in [3.63, 3.8) is 0 Å². The molecule has 0 aliphatic carbocycles. The minimum Gasteiger partial charge on any atom is -0.338 e. The highest BCUT2D eigenvalue weighted by Gasteiger charge is 2.31. The van der Waals surface area contributed by atoms with Crippen LogP contribution in [0.15, 0.2) is 41.4 Å². The van der Waals surface area contributed by atoms with E-state index >= 15 is 17.6 Å². The molecule has 2 heterocycles. The molecule has 0 spiro atoms. The van der Waals surface area contributed by atoms with Crippen LogP contribution in [0.3, 0.4) is 0 Å². The molecule has 0 bridgehead atoms. The summed E-state index contributed by atoms with van der Waals surface area (Å²) in [4.78, 5) is 11.2. The molecule has 0 radical (unpaired) electrons. The molecule has 5 aromatic rings. The molecular weight excluding hydrogens is 554 g/mol. The van der Waals surface area contributed by atoms with Gasteiger partial charge < -0.3 is 4.98 Å². The second-order valence-corrected chi connectivity index (χ2v) is 9.83. The molecule has 4 aromatic carbocycles. The number of aliphatic imine (C=N–C) groups is 1. The number of fused-ring (bicyclic) bond motifs is 2. The van der Waals surface area contributed by atoms with Crippen LogP contribution in [0.25, 0.3) is 33.5 Å². The van der Waals surface area contributed by atoms with E-state index < -0.39 is 81.0 Å². The molecule has 1 aromatic heterocycles. The fourth-order valence-electron chi connectivity index (χ4n) is 5.00. The number of rotatable bonds is 4. The molecule has 11 heteroatoms. The van der Waals surface area contributed by atoms with Crippen LogP contribution in [-0.2, 0) is 12.8 Å². The molecule has 208 valence electrons. The normalized spacial score (nSPS) is 12.8. The Morgan fingerprint density at radius 3 is 1.88 bits per heavy atom. The Balaban J connectivity index is 1.40. The quantitative estimate of drug-likeness (QED) is 0.170. The molecule has 3 nitrogen and oxygen atoms in total. The van der Waals surface area contributed by atoms with Crippen molar-refractivity contribution >= 4 is 22.4 Å². The zero-order valence-electron chi connectivity index (χ0n) is 21.3. The van der Waals surface area contributed by atoms with E-state index in [0.29, 0.717) is 11.9 Å². The lowest BCUT2D eigenvalue weighted by Gasteiger charge is -2.13. The fraction of sp³-hybridized carbons (Fsp3) is 0.133. The average molecular weight is 571 g/mol. The number of hydrogen-bond acceptors (Lipinski definition) is 2. The lowest BCUT2D eigenvalue weighted by atomic mass is 9.98. The Morgan fingerprint density at radius 2 is 1.24 bits per heavy atom. The summed E-state index contributed by atoms with van der Waals surface area (Å²) in [6.07, 6.45) is -0.787. The van der Waals surface area contributed by atoms with E-state index in [0.717, 1.165) is 35.0 Å². The number of nitrogens with zero attached hydrogens (tertiary/aromatic N) is 2. The van der Waals surface area contributed by atoms with Gasteiger partial charge in [-0.1, -0.05) is 12.1 Å². The zero-order chi connectivity index (χ0) is 29.3. The van der Waals surface area contributed by atoms with Gasteiger partial charge in [-0.25, -0.2) is 40.1 Å². The first-order valence-electron chi connectivity index (χ1n) is 12.3. The highest BCUT2D eigenvalue weighted by molar-refractivity contribution is 5.93. The van der Waals surface area contributed by atoms with Crippen molar-refractivity contribution < 1.29 is 35.1 Å². The van der Waals surface area contributed by atoms with Gasteiger partial charge in [-0.05, 0) is 54.8 Å². The Labute approximate surface area is 227 Å². The third kappa shape index (κ3) is 4.18. The summed E-state index contributed by atoms with van der Waals surface area (Å²) in [6, 6.07) is 10.6. The topological polar surface area (TPSA) is 41.0 Å². The van der Waals surface area contributed by atoms with Crippen LogP contribution < -0.4 is 0 Å². The second kappa shape index (κ2) is 9.53. The lowest BCUT2D eigenvalue weighted by molar-refractivity contribution is 0.423. The molecule has 6 rings (SSSR count). The van der Waals surface area contributed by atoms with E-state index in [2.05, 4.69) is 15.0 Å². The summed E-state index contributed by atoms with van der Waals surface area (Å²) < 4.78 is 117. The van der Waals surface area contributed by atoms with Crippen LogP contribution in [-0.4, -0.2) is 15.7 Å². The minimum absolute atomic E-state index is 0.238. The van der Waals surface area contributed by atoms with Gasteiger partial charge >= 0.3 is 0 Å². The number of halogens is 8. The number of aromatic amines is 1. The van der Waals surface area contributed by atoms with Crippen LogP contribution in [0.1, 0.15) is 29.2 Å². The Morgan fingerprint density at radius 1 is 0.683 bits per heavy atom. The van der Waals surface area contributed by atoms with E-state index in [1.165, 1.54) is 0 Å². The minimum atomic E-state index is -1.99. The van der Waals surface area contributed by atoms with Crippen LogP contribution in [0.2, 0.25) is 0 Å². The van der Waals surface area contributed by atoms with Crippen molar-refractivity contribution in [1.29, 1.82) is 0 Å². The van der Waals surface area contributed by atoms with Gasteiger partial charge in [0.15, 0.2) is 46.5 Å². The van der Waals surface area contributed by atoms with E-state index in [1.807, 2.05) is 25.1 Å². The van der Waals surface area contributed by atoms with Gasteiger partial charge in [-0.2, -0.15) is 0 Å². The molecule has 1 aliphatic rings. The Kier molecular flexibility index (Phi) is 6.20. The second-order valence-electron chi connectivity index (χ2n) is 9.83. The lowest BCUT2D eigenvalue weighted by Crippen LogP contribution is -2.12. The summed E-state index contributed by atoms with van der Waals surface area (Å²) in [5.74, 6) is -15.8. The van der Waals surface area contributed by atoms with Gasteiger partial charge in [-0.15, -0.1) is 0 Å². The number of benzene rings is 4. The summed E-state index contributed by atoms with van der Waals surface area (Å²) >= 11 is 0. The molecule has 41 heavy (non-hydrogen) atoms. The molecule has 0 amide bonds. The number of nitrogens with one attached hydrogen (secondary N) is 1. The monoisotopic (exact) mass is 571 g/mol. The molecule has 1 aliphatic heterocycles. The predicted molar refractivity (Wildman–Crippen MR) is 137 cm³/mol. The van der Waals surface area contributed by atoms with Crippen molar-refractivity contribution in [1.82, 2.24) is 9.97 Å². The van der Waals surface area contributed by atoms with Crippen LogP contribution in [0.5, 0.6) is 0 Å². The standard InChI is InChI=1S/C30H17F8N3/c1-11-7-15-8-13(3-5-18(15)39-11)14-4-6-19-20(9-14)41-30(40-19)21-28(37)26(35)17(27(36)29(21)38)10-16-24(33)22(31)12(2)23(32)25(16)34/h3-6,8-9H,7,10H2,1-2H3,(H,40,41). The maximum atomic E-state index is 15.2. The molecule has 0 atom stereocenters. The van der Waals surface area contributed by atoms with E-state index in [9.17, 15) is 17.6 Å². The third-order valence-electron chi connectivity index (χ3n) is 7.17. The van der Waals surface area contributed by atoms with Crippen molar-refractivity contribution in [3.8, 4) is 22.5 Å². The first-order valence-corrected chi connectivity index (χ1v) is 12.3. The largest absolute Gasteiger partial charge is 0.338 e. The highest BCUT2D eigenvalue weighted by atomic mass is 19.2. The summed E-state index contributed by atoms with van der Waals surface area (Å²) in [6.45, 7) is 2.68. The SMILES string of the molecule is CC1=Nc2ccc(-c3ccc4nc(-c5c(F)c(F)c(Cc6c(F)c(F)c(C)c(F)c6F)c(F)c5F)[nH]c4c3)cc2C1. The first-order chi connectivity index (χ1) is 19.5. The van der Waals surface area contributed by atoms with Crippen LogP contribution >= 0.6 is 0 Å². The van der Waals surface area contributed by atoms with Crippen molar-refractivity contribution in [2.75, 3.05) is 0 Å². The summed E-state index contributed by atoms with van der Waals surface area (Å²) in [5.41, 5.74) is -0.0313. The maximum absolute atomic E-state index is 15.2. The first kappa shape index (κ1) is 26.7. The van der Waals surface area contributed by atoms with Gasteiger partial charge in [0, 0.05) is 35.2 Å².